The largest absolute Gasteiger partial charge is 0.497 e. The summed E-state index contributed by atoms with van der Waals surface area (Å²) in [5, 5.41) is 8.08. The van der Waals surface area contributed by atoms with Crippen LogP contribution in [0.1, 0.15) is 29.1 Å². The monoisotopic (exact) mass is 298 g/mol. The van der Waals surface area contributed by atoms with Crippen molar-refractivity contribution in [1.82, 2.24) is 20.5 Å². The van der Waals surface area contributed by atoms with E-state index in [9.17, 15) is 18.4 Å². The van der Waals surface area contributed by atoms with Gasteiger partial charge in [0, 0.05) is 12.1 Å². The molecule has 3 N–H and O–H groups in total. The van der Waals surface area contributed by atoms with E-state index in [1.807, 2.05) is 0 Å². The van der Waals surface area contributed by atoms with E-state index in [1.165, 1.54) is 14.0 Å². The van der Waals surface area contributed by atoms with Gasteiger partial charge in [-0.15, -0.1) is 0 Å². The number of methoxy groups -OCH3 is 1. The SMILES string of the molecule is COc1cc(F)c(C(=O)NC(C)c2n[nH]c(=O)[nH]2)c(F)c1. The lowest BCUT2D eigenvalue weighted by molar-refractivity contribution is 0.0929. The molecule has 2 rings (SSSR count). The molecule has 0 saturated heterocycles. The highest BCUT2D eigenvalue weighted by molar-refractivity contribution is 5.95. The van der Waals surface area contributed by atoms with Gasteiger partial charge in [0.2, 0.25) is 0 Å². The summed E-state index contributed by atoms with van der Waals surface area (Å²) in [6.07, 6.45) is 0. The highest BCUT2D eigenvalue weighted by atomic mass is 19.1. The number of hydrogen-bond donors (Lipinski definition) is 3. The molecule has 1 aromatic heterocycles. The van der Waals surface area contributed by atoms with Gasteiger partial charge in [0.1, 0.15) is 22.9 Å². The van der Waals surface area contributed by atoms with E-state index in [4.69, 9.17) is 4.74 Å². The summed E-state index contributed by atoms with van der Waals surface area (Å²) in [5.41, 5.74) is -1.28. The number of halogens is 2. The Hall–Kier alpha value is -2.71. The molecule has 0 bridgehead atoms. The number of amides is 1. The van der Waals surface area contributed by atoms with Gasteiger partial charge in [-0.25, -0.2) is 18.7 Å². The van der Waals surface area contributed by atoms with Crippen molar-refractivity contribution in [1.29, 1.82) is 0 Å². The van der Waals surface area contributed by atoms with E-state index >= 15 is 0 Å². The van der Waals surface area contributed by atoms with E-state index < -0.39 is 34.8 Å². The molecule has 9 heteroatoms. The normalized spacial score (nSPS) is 12.0. The smallest absolute Gasteiger partial charge is 0.340 e. The van der Waals surface area contributed by atoms with Gasteiger partial charge in [-0.3, -0.25) is 9.78 Å². The van der Waals surface area contributed by atoms with Crippen LogP contribution in [0.25, 0.3) is 0 Å². The molecule has 7 nitrogen and oxygen atoms in total. The lowest BCUT2D eigenvalue weighted by atomic mass is 10.1. The summed E-state index contributed by atoms with van der Waals surface area (Å²) in [6.45, 7) is 1.50. The fourth-order valence-electron chi connectivity index (χ4n) is 1.71. The third-order valence-electron chi connectivity index (χ3n) is 2.76. The molecule has 0 spiro atoms. The van der Waals surface area contributed by atoms with Crippen molar-refractivity contribution in [2.45, 2.75) is 13.0 Å². The molecule has 0 saturated carbocycles. The van der Waals surface area contributed by atoms with Crippen molar-refractivity contribution in [3.8, 4) is 5.75 Å². The van der Waals surface area contributed by atoms with Gasteiger partial charge >= 0.3 is 5.69 Å². The summed E-state index contributed by atoms with van der Waals surface area (Å²) >= 11 is 0. The first kappa shape index (κ1) is 14.7. The Bertz CT molecular complexity index is 702. The van der Waals surface area contributed by atoms with E-state index in [2.05, 4.69) is 20.5 Å². The molecule has 1 atom stereocenters. The summed E-state index contributed by atoms with van der Waals surface area (Å²) in [4.78, 5) is 25.2. The molecular weight excluding hydrogens is 286 g/mol. The van der Waals surface area contributed by atoms with E-state index in [1.54, 1.807) is 0 Å². The Balaban J connectivity index is 2.23. The van der Waals surface area contributed by atoms with Crippen LogP contribution in [0.2, 0.25) is 0 Å². The Morgan fingerprint density at radius 3 is 2.48 bits per heavy atom. The number of hydrogen-bond acceptors (Lipinski definition) is 4. The number of ether oxygens (including phenoxy) is 1. The molecule has 0 aliphatic carbocycles. The van der Waals surface area contributed by atoms with Gasteiger partial charge in [-0.05, 0) is 6.92 Å². The molecule has 1 unspecified atom stereocenters. The second-order valence-corrected chi connectivity index (χ2v) is 4.22. The van der Waals surface area contributed by atoms with E-state index in [0.717, 1.165) is 12.1 Å². The van der Waals surface area contributed by atoms with Crippen LogP contribution in [0.5, 0.6) is 5.75 Å². The van der Waals surface area contributed by atoms with Gasteiger partial charge in [-0.1, -0.05) is 0 Å². The predicted octanol–water partition coefficient (Wildman–Crippen LogP) is 0.876. The topological polar surface area (TPSA) is 99.9 Å². The van der Waals surface area contributed by atoms with Crippen molar-refractivity contribution in [3.63, 3.8) is 0 Å². The van der Waals surface area contributed by atoms with Crippen LogP contribution >= 0.6 is 0 Å². The predicted molar refractivity (Wildman–Crippen MR) is 68.0 cm³/mol. The maximum absolute atomic E-state index is 13.7. The molecule has 21 heavy (non-hydrogen) atoms. The summed E-state index contributed by atoms with van der Waals surface area (Å²) in [7, 11) is 1.25. The van der Waals surface area contributed by atoms with Crippen LogP contribution in [0.15, 0.2) is 16.9 Å². The summed E-state index contributed by atoms with van der Waals surface area (Å²) in [5.74, 6) is -2.96. The first-order valence-electron chi connectivity index (χ1n) is 5.91. The van der Waals surface area contributed by atoms with Crippen LogP contribution in [-0.4, -0.2) is 28.2 Å². The molecule has 1 amide bonds. The van der Waals surface area contributed by atoms with Crippen LogP contribution in [0.4, 0.5) is 8.78 Å². The van der Waals surface area contributed by atoms with Crippen molar-refractivity contribution >= 4 is 5.91 Å². The van der Waals surface area contributed by atoms with Crippen LogP contribution in [0.3, 0.4) is 0 Å². The minimum atomic E-state index is -1.05. The third kappa shape index (κ3) is 3.07. The number of aromatic nitrogens is 3. The van der Waals surface area contributed by atoms with Crippen LogP contribution in [0, 0.1) is 11.6 Å². The second-order valence-electron chi connectivity index (χ2n) is 4.22. The van der Waals surface area contributed by atoms with Gasteiger partial charge in [-0.2, -0.15) is 5.10 Å². The minimum Gasteiger partial charge on any atom is -0.497 e. The van der Waals surface area contributed by atoms with E-state index in [-0.39, 0.29) is 11.6 Å². The average Bonchev–Trinajstić information content (AvgIpc) is 2.84. The quantitative estimate of drug-likeness (QED) is 0.780. The third-order valence-corrected chi connectivity index (χ3v) is 2.76. The van der Waals surface area contributed by atoms with Crippen LogP contribution < -0.4 is 15.7 Å². The maximum Gasteiger partial charge on any atom is 0.340 e. The molecule has 0 aliphatic heterocycles. The van der Waals surface area contributed by atoms with Crippen molar-refractivity contribution in [3.05, 3.63) is 45.6 Å². The molecule has 0 radical (unpaired) electrons. The van der Waals surface area contributed by atoms with Crippen molar-refractivity contribution in [2.75, 3.05) is 7.11 Å². The van der Waals surface area contributed by atoms with Gasteiger partial charge < -0.3 is 10.1 Å². The number of benzene rings is 1. The van der Waals surface area contributed by atoms with Crippen molar-refractivity contribution in [2.24, 2.45) is 0 Å². The number of nitrogens with zero attached hydrogens (tertiary/aromatic N) is 1. The fraction of sp³-hybridized carbons (Fsp3) is 0.250. The number of nitrogens with one attached hydrogen (secondary N) is 3. The number of carbonyl (C=O) groups is 1. The lowest BCUT2D eigenvalue weighted by Crippen LogP contribution is -2.29. The molecule has 112 valence electrons. The van der Waals surface area contributed by atoms with Gasteiger partial charge in [0.05, 0.1) is 13.2 Å². The van der Waals surface area contributed by atoms with Gasteiger partial charge in [0.15, 0.2) is 5.82 Å². The Kier molecular flexibility index (Phi) is 4.01. The molecule has 0 fully saturated rings. The first-order chi connectivity index (χ1) is 9.92. The van der Waals surface area contributed by atoms with Gasteiger partial charge in [0.25, 0.3) is 5.91 Å². The summed E-state index contributed by atoms with van der Waals surface area (Å²) in [6, 6.07) is 1.07. The molecule has 2 aromatic rings. The zero-order valence-corrected chi connectivity index (χ0v) is 11.2. The zero-order chi connectivity index (χ0) is 15.6. The number of carbonyl (C=O) groups excluding carboxylic acids is 1. The highest BCUT2D eigenvalue weighted by Gasteiger charge is 2.22. The Labute approximate surface area is 117 Å². The molecule has 1 heterocycles. The second kappa shape index (κ2) is 5.73. The summed E-state index contributed by atoms with van der Waals surface area (Å²) < 4.78 is 32.2. The van der Waals surface area contributed by atoms with Crippen molar-refractivity contribution < 1.29 is 18.3 Å². The number of aromatic amines is 2. The number of rotatable bonds is 4. The first-order valence-corrected chi connectivity index (χ1v) is 5.91. The highest BCUT2D eigenvalue weighted by Crippen LogP contribution is 2.21. The standard InChI is InChI=1S/C12H12F2N4O3/c1-5(10-16-12(20)18-17-10)15-11(19)9-7(13)3-6(21-2)4-8(9)14/h3-5H,1-2H3,(H,15,19)(H2,16,17,18,20). The molecular formula is C12H12F2N4O3. The lowest BCUT2D eigenvalue weighted by Gasteiger charge is -2.12. The average molecular weight is 298 g/mol. The molecule has 0 aliphatic rings. The Morgan fingerprint density at radius 1 is 1.38 bits per heavy atom. The van der Waals surface area contributed by atoms with E-state index in [0.29, 0.717) is 0 Å². The fourth-order valence-corrected chi connectivity index (χ4v) is 1.71. The minimum absolute atomic E-state index is 0.0359. The Morgan fingerprint density at radius 2 is 2.00 bits per heavy atom. The number of H-pyrrole nitrogens is 2. The van der Waals surface area contributed by atoms with Crippen LogP contribution in [-0.2, 0) is 0 Å². The molecule has 1 aromatic carbocycles. The maximum atomic E-state index is 13.7. The zero-order valence-electron chi connectivity index (χ0n) is 11.2.